The summed E-state index contributed by atoms with van der Waals surface area (Å²) in [6.07, 6.45) is 3.37. The summed E-state index contributed by atoms with van der Waals surface area (Å²) in [6, 6.07) is -0.0170. The van der Waals surface area contributed by atoms with Gasteiger partial charge in [-0.05, 0) is 13.8 Å². The molecule has 0 spiro atoms. The first-order valence-electron chi connectivity index (χ1n) is 6.13. The van der Waals surface area contributed by atoms with Gasteiger partial charge in [0, 0.05) is 31.5 Å². The molecule has 1 aliphatic heterocycles. The molecule has 0 aliphatic carbocycles. The number of anilines is 1. The van der Waals surface area contributed by atoms with Crippen LogP contribution in [-0.4, -0.2) is 39.4 Å². The number of carbonyl (C=O) groups is 1. The van der Waals surface area contributed by atoms with Gasteiger partial charge in [0.2, 0.25) is 0 Å². The van der Waals surface area contributed by atoms with Crippen LogP contribution in [0.25, 0.3) is 0 Å². The molecular weight excluding hydrogens is 250 g/mol. The Hall–Kier alpha value is -1.89. The van der Waals surface area contributed by atoms with Crippen molar-refractivity contribution in [1.29, 1.82) is 0 Å². The molecule has 19 heavy (non-hydrogen) atoms. The number of rotatable bonds is 4. The van der Waals surface area contributed by atoms with Gasteiger partial charge in [-0.1, -0.05) is 0 Å². The van der Waals surface area contributed by atoms with Crippen molar-refractivity contribution in [2.45, 2.75) is 31.8 Å². The monoisotopic (exact) mass is 267 g/mol. The van der Waals surface area contributed by atoms with Crippen LogP contribution in [0.15, 0.2) is 17.2 Å². The average Bonchev–Trinajstić information content (AvgIpc) is 2.81. The third-order valence-electron chi connectivity index (χ3n) is 3.21. The highest BCUT2D eigenvalue weighted by Gasteiger charge is 2.43. The molecule has 104 valence electrons. The maximum atomic E-state index is 12.2. The Morgan fingerprint density at radius 2 is 2.37 bits per heavy atom. The van der Waals surface area contributed by atoms with Crippen LogP contribution in [0.3, 0.4) is 0 Å². The number of aliphatic carboxylic acids is 1. The van der Waals surface area contributed by atoms with Crippen LogP contribution in [0.2, 0.25) is 0 Å². The van der Waals surface area contributed by atoms with Gasteiger partial charge in [-0.15, -0.1) is 0 Å². The first-order valence-corrected chi connectivity index (χ1v) is 6.13. The molecule has 0 bridgehead atoms. The molecule has 1 aromatic rings. The van der Waals surface area contributed by atoms with Gasteiger partial charge in [0.05, 0.1) is 6.61 Å². The predicted octanol–water partition coefficient (Wildman–Crippen LogP) is 0.480. The van der Waals surface area contributed by atoms with Crippen LogP contribution in [-0.2, 0) is 9.53 Å². The van der Waals surface area contributed by atoms with E-state index >= 15 is 0 Å². The Bertz CT molecular complexity index is 532. The van der Waals surface area contributed by atoms with Crippen molar-refractivity contribution in [2.75, 3.05) is 18.5 Å². The van der Waals surface area contributed by atoms with Crippen molar-refractivity contribution in [3.05, 3.63) is 22.7 Å². The van der Waals surface area contributed by atoms with E-state index in [4.69, 9.17) is 4.74 Å². The van der Waals surface area contributed by atoms with Crippen LogP contribution in [0.5, 0.6) is 0 Å². The number of nitrogens with one attached hydrogen (secondary N) is 1. The molecule has 0 saturated carbocycles. The van der Waals surface area contributed by atoms with Gasteiger partial charge < -0.3 is 19.7 Å². The number of hydrogen-bond acceptors (Lipinski definition) is 5. The molecule has 1 atom stereocenters. The van der Waals surface area contributed by atoms with Crippen molar-refractivity contribution < 1.29 is 14.6 Å². The fourth-order valence-electron chi connectivity index (χ4n) is 2.03. The largest absolute Gasteiger partial charge is 0.479 e. The highest BCUT2D eigenvalue weighted by atomic mass is 16.5. The van der Waals surface area contributed by atoms with E-state index in [1.807, 2.05) is 13.8 Å². The summed E-state index contributed by atoms with van der Waals surface area (Å²) in [5, 5.41) is 12.1. The Morgan fingerprint density at radius 3 is 2.89 bits per heavy atom. The van der Waals surface area contributed by atoms with Gasteiger partial charge in [0.15, 0.2) is 11.4 Å². The minimum atomic E-state index is -1.26. The molecule has 1 fully saturated rings. The maximum absolute atomic E-state index is 12.2. The van der Waals surface area contributed by atoms with E-state index in [-0.39, 0.29) is 24.0 Å². The van der Waals surface area contributed by atoms with E-state index in [0.717, 1.165) is 0 Å². The molecule has 0 aromatic carbocycles. The molecule has 2 rings (SSSR count). The van der Waals surface area contributed by atoms with E-state index in [1.54, 1.807) is 6.20 Å². The molecule has 7 nitrogen and oxygen atoms in total. The molecule has 1 saturated heterocycles. The number of carboxylic acids is 1. The zero-order chi connectivity index (χ0) is 14.0. The maximum Gasteiger partial charge on any atom is 0.331 e. The lowest BCUT2D eigenvalue weighted by molar-refractivity contribution is -0.142. The van der Waals surface area contributed by atoms with Crippen molar-refractivity contribution >= 4 is 11.8 Å². The first-order chi connectivity index (χ1) is 8.96. The van der Waals surface area contributed by atoms with Crippen LogP contribution >= 0.6 is 0 Å². The number of hydrogen-bond donors (Lipinski definition) is 2. The molecule has 0 amide bonds. The van der Waals surface area contributed by atoms with Crippen molar-refractivity contribution in [2.24, 2.45) is 0 Å². The Labute approximate surface area is 110 Å². The van der Waals surface area contributed by atoms with E-state index in [0.29, 0.717) is 13.0 Å². The minimum Gasteiger partial charge on any atom is -0.479 e. The summed E-state index contributed by atoms with van der Waals surface area (Å²) in [5.74, 6) is -0.991. The van der Waals surface area contributed by atoms with Gasteiger partial charge >= 0.3 is 5.97 Å². The highest BCUT2D eigenvalue weighted by molar-refractivity contribution is 5.83. The lowest BCUT2D eigenvalue weighted by Gasteiger charge is -2.24. The molecule has 2 heterocycles. The summed E-state index contributed by atoms with van der Waals surface area (Å²) in [7, 11) is 0. The average molecular weight is 267 g/mol. The third kappa shape index (κ3) is 2.46. The summed E-state index contributed by atoms with van der Waals surface area (Å²) in [4.78, 5) is 27.5. The number of carboxylic acid groups (broad SMARTS) is 1. The zero-order valence-corrected chi connectivity index (χ0v) is 10.9. The quantitative estimate of drug-likeness (QED) is 0.824. The molecule has 1 unspecified atom stereocenters. The summed E-state index contributed by atoms with van der Waals surface area (Å²) >= 11 is 0. The number of ether oxygens (including phenoxy) is 1. The normalized spacial score (nSPS) is 22.7. The van der Waals surface area contributed by atoms with Gasteiger partial charge in [-0.25, -0.2) is 9.78 Å². The fourth-order valence-corrected chi connectivity index (χ4v) is 2.03. The van der Waals surface area contributed by atoms with E-state index in [9.17, 15) is 14.7 Å². The Kier molecular flexibility index (Phi) is 3.57. The van der Waals surface area contributed by atoms with Crippen LogP contribution < -0.4 is 10.9 Å². The van der Waals surface area contributed by atoms with Crippen molar-refractivity contribution in [1.82, 2.24) is 9.55 Å². The summed E-state index contributed by atoms with van der Waals surface area (Å²) in [6.45, 7) is 4.12. The highest BCUT2D eigenvalue weighted by Crippen LogP contribution is 2.22. The van der Waals surface area contributed by atoms with Crippen LogP contribution in [0.4, 0.5) is 5.82 Å². The van der Waals surface area contributed by atoms with E-state index < -0.39 is 11.5 Å². The summed E-state index contributed by atoms with van der Waals surface area (Å²) < 4.78 is 6.63. The first kappa shape index (κ1) is 13.5. The second-order valence-electron chi connectivity index (χ2n) is 4.90. The second-order valence-corrected chi connectivity index (χ2v) is 4.90. The summed E-state index contributed by atoms with van der Waals surface area (Å²) in [5.41, 5.74) is -1.59. The molecule has 0 radical (unpaired) electrons. The molecule has 1 aliphatic rings. The number of aromatic nitrogens is 2. The molecule has 2 N–H and O–H groups in total. The molecule has 1 aromatic heterocycles. The Morgan fingerprint density at radius 1 is 1.63 bits per heavy atom. The Balaban J connectivity index is 2.36. The SMILES string of the molecule is CC(C)n1ccnc(NC2(C(=O)O)CCOC2)c1=O. The van der Waals surface area contributed by atoms with E-state index in [2.05, 4.69) is 10.3 Å². The lowest BCUT2D eigenvalue weighted by atomic mass is 9.99. The number of nitrogens with zero attached hydrogens (tertiary/aromatic N) is 2. The smallest absolute Gasteiger partial charge is 0.331 e. The van der Waals surface area contributed by atoms with Gasteiger partial charge in [0.1, 0.15) is 0 Å². The lowest BCUT2D eigenvalue weighted by Crippen LogP contribution is -2.48. The van der Waals surface area contributed by atoms with Gasteiger partial charge in [0.25, 0.3) is 5.56 Å². The van der Waals surface area contributed by atoms with Crippen LogP contribution in [0.1, 0.15) is 26.3 Å². The second kappa shape index (κ2) is 5.00. The predicted molar refractivity (Wildman–Crippen MR) is 68.3 cm³/mol. The zero-order valence-electron chi connectivity index (χ0n) is 10.9. The van der Waals surface area contributed by atoms with Crippen LogP contribution in [0, 0.1) is 0 Å². The van der Waals surface area contributed by atoms with Gasteiger partial charge in [-0.3, -0.25) is 4.79 Å². The van der Waals surface area contributed by atoms with Crippen molar-refractivity contribution in [3.8, 4) is 0 Å². The molecular formula is C12H17N3O4. The fraction of sp³-hybridized carbons (Fsp3) is 0.583. The van der Waals surface area contributed by atoms with Gasteiger partial charge in [-0.2, -0.15) is 0 Å². The van der Waals surface area contributed by atoms with E-state index in [1.165, 1.54) is 10.8 Å². The third-order valence-corrected chi connectivity index (χ3v) is 3.21. The standard InChI is InChI=1S/C12H17N3O4/c1-8(2)15-5-4-13-9(10(15)16)14-12(11(17)18)3-6-19-7-12/h4-5,8H,3,6-7H2,1-2H3,(H,13,14)(H,17,18). The minimum absolute atomic E-state index is 0.0170. The molecule has 7 heteroatoms. The topological polar surface area (TPSA) is 93.5 Å². The van der Waals surface area contributed by atoms with Crippen molar-refractivity contribution in [3.63, 3.8) is 0 Å².